The van der Waals surface area contributed by atoms with E-state index < -0.39 is 145 Å². The molecule has 2 aliphatic carbocycles. The standard InChI is InChI=1S/C73H83N9O20/c1-5-73(96)48-24-52-62-45(30-82(52)68(92)47(48)33-99-71(73)95)61-49(21-19-43-60(61)51(80-62)25-53-66(43)101-36-100-53)81-70(94)72(3,4)34-97-35-78-58(86)27-74-37(2)50(23-38-13-7-6-8-14-38)79-59(87)29-76-57(85)28-77-67(91)44(20-22-56(84)75-26-54-63(88)65(90)64(89)55(31-83)102-54)69(93)98-32-46-41-17-11-9-15-39(41)40-16-10-12-18-42(40)46/h6-18,24-25,37,44,46,49-50,54-55,63-65,74,83,88-90,96H,5,19-23,26-36H2,1-4H3,(H,75,84)(H,76,85)(H,77,91)(H,78,86)(H,79,87)(H,81,94)/t37-,44-,49-,50-,54-,55+,63-,64+,65+,73-/m0/s1. The molecule has 12 rings (SSSR count). The fourth-order valence-corrected chi connectivity index (χ4v) is 14.2. The number of aromatic nitrogens is 2. The molecule has 1 fully saturated rings. The van der Waals surface area contributed by atoms with Gasteiger partial charge in [-0.05, 0) is 92.3 Å². The number of carbonyl (C=O) groups excluding carboxylic acids is 8. The van der Waals surface area contributed by atoms with Gasteiger partial charge in [-0.15, -0.1) is 0 Å². The van der Waals surface area contributed by atoms with Crippen LogP contribution in [0.25, 0.3) is 33.4 Å². The molecule has 10 atom stereocenters. The van der Waals surface area contributed by atoms with Gasteiger partial charge >= 0.3 is 11.9 Å². The van der Waals surface area contributed by atoms with Crippen molar-refractivity contribution in [3.63, 3.8) is 0 Å². The molecule has 1 saturated heterocycles. The quantitative estimate of drug-likeness (QED) is 0.0139. The first-order valence-corrected chi connectivity index (χ1v) is 34.1. The van der Waals surface area contributed by atoms with E-state index in [-0.39, 0.29) is 82.4 Å². The van der Waals surface area contributed by atoms with E-state index in [9.17, 15) is 68.7 Å². The number of aliphatic hydroxyl groups is 5. The van der Waals surface area contributed by atoms with Crippen molar-refractivity contribution in [1.29, 1.82) is 0 Å². The third-order valence-corrected chi connectivity index (χ3v) is 20.1. The molecule has 2 aromatic heterocycles. The van der Waals surface area contributed by atoms with Gasteiger partial charge in [-0.3, -0.25) is 38.4 Å². The third kappa shape index (κ3) is 14.7. The molecule has 0 unspecified atom stereocenters. The highest BCUT2D eigenvalue weighted by Gasteiger charge is 2.48. The third-order valence-electron chi connectivity index (χ3n) is 20.1. The van der Waals surface area contributed by atoms with Crippen LogP contribution in [0.2, 0.25) is 0 Å². The molecule has 0 bridgehead atoms. The van der Waals surface area contributed by atoms with Crippen molar-refractivity contribution in [3.8, 4) is 34.0 Å². The summed E-state index contributed by atoms with van der Waals surface area (Å²) in [5, 5.41) is 72.3. The summed E-state index contributed by atoms with van der Waals surface area (Å²) in [5.74, 6) is -6.55. The monoisotopic (exact) mass is 1410 g/mol. The van der Waals surface area contributed by atoms with E-state index in [0.717, 1.165) is 44.3 Å². The fourth-order valence-electron chi connectivity index (χ4n) is 14.2. The number of nitrogens with one attached hydrogen (secondary N) is 7. The van der Waals surface area contributed by atoms with Gasteiger partial charge in [-0.25, -0.2) is 9.78 Å². The summed E-state index contributed by atoms with van der Waals surface area (Å²) in [5.41, 5.74) is 5.10. The topological polar surface area (TPSA) is 412 Å². The lowest BCUT2D eigenvalue weighted by Gasteiger charge is -2.40. The zero-order valence-electron chi connectivity index (χ0n) is 56.7. The van der Waals surface area contributed by atoms with Crippen molar-refractivity contribution in [2.45, 2.75) is 140 Å². The summed E-state index contributed by atoms with van der Waals surface area (Å²) in [6.45, 7) is 3.65. The van der Waals surface area contributed by atoms with Crippen LogP contribution in [-0.2, 0) is 88.9 Å². The molecule has 6 aromatic rings. The Kier molecular flexibility index (Phi) is 21.5. The van der Waals surface area contributed by atoms with Gasteiger partial charge in [0.15, 0.2) is 17.1 Å². The van der Waals surface area contributed by atoms with Crippen LogP contribution in [0.15, 0.2) is 95.8 Å². The number of esters is 2. The number of pyridine rings is 2. The van der Waals surface area contributed by atoms with E-state index in [0.29, 0.717) is 53.2 Å². The number of rotatable bonds is 28. The largest absolute Gasteiger partial charge is 0.464 e. The van der Waals surface area contributed by atoms with Gasteiger partial charge in [-0.2, -0.15) is 0 Å². The lowest BCUT2D eigenvalue weighted by molar-refractivity contribution is -0.227. The molecular weight excluding hydrogens is 1320 g/mol. The van der Waals surface area contributed by atoms with Crippen molar-refractivity contribution in [3.05, 3.63) is 146 Å². The highest BCUT2D eigenvalue weighted by Crippen LogP contribution is 2.51. The van der Waals surface area contributed by atoms with Crippen LogP contribution in [0, 0.1) is 11.3 Å². The Bertz CT molecular complexity index is 4270. The molecule has 12 N–H and O–H groups in total. The normalized spacial score (nSPS) is 21.4. The highest BCUT2D eigenvalue weighted by atomic mass is 16.7. The minimum Gasteiger partial charge on any atom is -0.464 e. The maximum Gasteiger partial charge on any atom is 0.343 e. The lowest BCUT2D eigenvalue weighted by atomic mass is 9.82. The second-order valence-electron chi connectivity index (χ2n) is 27.1. The Morgan fingerprint density at radius 2 is 1.48 bits per heavy atom. The number of ether oxygens (including phenoxy) is 6. The molecule has 540 valence electrons. The lowest BCUT2D eigenvalue weighted by Crippen LogP contribution is -2.60. The van der Waals surface area contributed by atoms with E-state index in [1.54, 1.807) is 44.4 Å². The minimum absolute atomic E-state index is 0.0203. The summed E-state index contributed by atoms with van der Waals surface area (Å²) in [7, 11) is 0. The fraction of sp³-hybridized carbons (Fsp3) is 0.452. The average Bonchev–Trinajstić information content (AvgIpc) is 1.50. The Morgan fingerprint density at radius 1 is 0.784 bits per heavy atom. The van der Waals surface area contributed by atoms with Crippen LogP contribution in [0.1, 0.15) is 110 Å². The first kappa shape index (κ1) is 72.1. The Hall–Kier alpha value is -9.72. The number of benzene rings is 4. The first-order valence-electron chi connectivity index (χ1n) is 34.1. The molecule has 0 saturated carbocycles. The van der Waals surface area contributed by atoms with Crippen LogP contribution in [0.4, 0.5) is 0 Å². The molecule has 102 heavy (non-hydrogen) atoms. The molecular formula is C73H83N9O20. The number of hydrogen-bond donors (Lipinski definition) is 12. The maximum atomic E-state index is 14.4. The summed E-state index contributed by atoms with van der Waals surface area (Å²) in [6, 6.07) is 26.2. The summed E-state index contributed by atoms with van der Waals surface area (Å²) in [6.07, 6.45) is -6.94. The number of nitrogens with zero attached hydrogens (tertiary/aromatic N) is 2. The summed E-state index contributed by atoms with van der Waals surface area (Å²) >= 11 is 0. The van der Waals surface area contributed by atoms with E-state index in [4.69, 9.17) is 33.4 Å². The maximum absolute atomic E-state index is 14.4. The van der Waals surface area contributed by atoms with Gasteiger partial charge in [0.25, 0.3) is 5.56 Å². The first-order chi connectivity index (χ1) is 49.0. The van der Waals surface area contributed by atoms with E-state index in [2.05, 4.69) is 37.2 Å². The van der Waals surface area contributed by atoms with Crippen molar-refractivity contribution in [1.82, 2.24) is 46.8 Å². The summed E-state index contributed by atoms with van der Waals surface area (Å²) in [4.78, 5) is 128. The predicted octanol–water partition coefficient (Wildman–Crippen LogP) is 0.677. The molecule has 29 nitrogen and oxygen atoms in total. The second kappa shape index (κ2) is 30.5. The molecule has 29 heteroatoms. The Balaban J connectivity index is 0.626. The molecule has 6 aliphatic rings. The minimum atomic E-state index is -2.03. The van der Waals surface area contributed by atoms with Crippen molar-refractivity contribution < 1.29 is 92.3 Å². The molecule has 6 heterocycles. The van der Waals surface area contributed by atoms with Gasteiger partial charge in [0.1, 0.15) is 56.4 Å². The molecule has 4 aromatic carbocycles. The number of cyclic esters (lactones) is 1. The smallest absolute Gasteiger partial charge is 0.343 e. The van der Waals surface area contributed by atoms with Gasteiger partial charge < -0.3 is 95.7 Å². The Morgan fingerprint density at radius 3 is 2.21 bits per heavy atom. The van der Waals surface area contributed by atoms with E-state index in [1.807, 2.05) is 78.9 Å². The van der Waals surface area contributed by atoms with Gasteiger partial charge in [0.2, 0.25) is 42.2 Å². The van der Waals surface area contributed by atoms with E-state index >= 15 is 0 Å². The van der Waals surface area contributed by atoms with Crippen molar-refractivity contribution in [2.24, 2.45) is 11.3 Å². The van der Waals surface area contributed by atoms with E-state index in [1.165, 1.54) is 0 Å². The van der Waals surface area contributed by atoms with Gasteiger partial charge in [-0.1, -0.05) is 85.8 Å². The molecule has 0 radical (unpaired) electrons. The van der Waals surface area contributed by atoms with Crippen LogP contribution >= 0.6 is 0 Å². The number of fused-ring (bicyclic) bond motifs is 10. The van der Waals surface area contributed by atoms with Crippen LogP contribution in [0.3, 0.4) is 0 Å². The number of hydrogen-bond acceptors (Lipinski definition) is 22. The van der Waals surface area contributed by atoms with Gasteiger partial charge in [0.05, 0.1) is 73.3 Å². The summed E-state index contributed by atoms with van der Waals surface area (Å²) < 4.78 is 35.8. The predicted molar refractivity (Wildman–Crippen MR) is 362 cm³/mol. The van der Waals surface area contributed by atoms with Crippen molar-refractivity contribution >= 4 is 58.3 Å². The van der Waals surface area contributed by atoms with Crippen molar-refractivity contribution in [2.75, 3.05) is 59.5 Å². The SMILES string of the molecule is CC[C@@]1(O)C(=O)OCc2c1cc1n(c2=O)Cc2c-1nc1cc3c(c4c1c2[C@@H](NC(=O)C(C)(C)COCNC(=O)CN[C@@H](C)[C@H](Cc1ccccc1)NC(=O)CNC(=O)CNC(=O)[C@H](CCC(=O)NC[C@@H]1O[C@H](CO)[C@@H](O)[C@H](O)[C@H]1O)C(=O)OCC1c2ccccc2-c2ccccc21)CC4)OCO3. The zero-order chi connectivity index (χ0) is 72.3. The molecule has 0 spiro atoms. The number of carbonyl (C=O) groups is 8. The van der Waals surface area contributed by atoms with Crippen LogP contribution in [0.5, 0.6) is 11.5 Å². The van der Waals surface area contributed by atoms with Crippen LogP contribution < -0.4 is 52.3 Å². The van der Waals surface area contributed by atoms with Crippen LogP contribution in [-0.4, -0.2) is 185 Å². The average molecular weight is 1410 g/mol. The zero-order valence-corrected chi connectivity index (χ0v) is 56.7. The number of aryl methyl sites for hydroxylation is 1. The number of aliphatic hydroxyl groups excluding tert-OH is 4. The number of amides is 6. The van der Waals surface area contributed by atoms with Gasteiger partial charge in [0, 0.05) is 59.1 Å². The highest BCUT2D eigenvalue weighted by molar-refractivity contribution is 6.00. The second-order valence-corrected chi connectivity index (χ2v) is 27.1. The Labute approximate surface area is 585 Å². The molecule has 4 aliphatic heterocycles. The molecule has 6 amide bonds.